The number of nitrogens with one attached hydrogen (secondary N) is 1. The third kappa shape index (κ3) is 2.08. The van der Waals surface area contributed by atoms with Crippen LogP contribution >= 0.6 is 11.6 Å². The van der Waals surface area contributed by atoms with E-state index in [-0.39, 0.29) is 0 Å². The van der Waals surface area contributed by atoms with Gasteiger partial charge in [0.25, 0.3) is 0 Å². The van der Waals surface area contributed by atoms with Crippen LogP contribution in [0.15, 0.2) is 54.6 Å². The van der Waals surface area contributed by atoms with Gasteiger partial charge in [0.15, 0.2) is 0 Å². The van der Waals surface area contributed by atoms with Gasteiger partial charge in [0.05, 0.1) is 6.04 Å². The minimum Gasteiger partial charge on any atom is -0.377 e. The largest absolute Gasteiger partial charge is 0.377 e. The van der Waals surface area contributed by atoms with Crippen LogP contribution in [-0.2, 0) is 0 Å². The minimum absolute atomic E-state index is 0.374. The molecule has 21 heavy (non-hydrogen) atoms. The van der Waals surface area contributed by atoms with Crippen LogP contribution in [0.4, 0.5) is 5.69 Å². The Morgan fingerprint density at radius 3 is 2.76 bits per heavy atom. The summed E-state index contributed by atoms with van der Waals surface area (Å²) in [7, 11) is 0. The Kier molecular flexibility index (Phi) is 3.04. The fourth-order valence-electron chi connectivity index (χ4n) is 3.83. The third-order valence-electron chi connectivity index (χ3n) is 4.79. The summed E-state index contributed by atoms with van der Waals surface area (Å²) < 4.78 is 0. The first-order chi connectivity index (χ1) is 10.2. The first-order valence-electron chi connectivity index (χ1n) is 7.52. The number of benzene rings is 2. The summed E-state index contributed by atoms with van der Waals surface area (Å²) >= 11 is 6.27. The van der Waals surface area contributed by atoms with E-state index in [1.165, 1.54) is 22.4 Å². The Hall–Kier alpha value is -1.73. The van der Waals surface area contributed by atoms with Crippen molar-refractivity contribution in [1.29, 1.82) is 0 Å². The molecule has 0 amide bonds. The van der Waals surface area contributed by atoms with Crippen molar-refractivity contribution in [3.8, 4) is 0 Å². The van der Waals surface area contributed by atoms with Crippen molar-refractivity contribution in [2.24, 2.45) is 5.92 Å². The Morgan fingerprint density at radius 2 is 1.95 bits per heavy atom. The van der Waals surface area contributed by atoms with Crippen LogP contribution in [0.25, 0.3) is 0 Å². The highest BCUT2D eigenvalue weighted by molar-refractivity contribution is 6.30. The van der Waals surface area contributed by atoms with Gasteiger partial charge < -0.3 is 5.32 Å². The van der Waals surface area contributed by atoms with Crippen molar-refractivity contribution in [2.75, 3.05) is 5.32 Å². The fourth-order valence-corrected chi connectivity index (χ4v) is 4.11. The molecular formula is C19H18ClN. The van der Waals surface area contributed by atoms with Gasteiger partial charge in [-0.15, -0.1) is 0 Å². The Bertz CT molecular complexity index is 705. The van der Waals surface area contributed by atoms with E-state index >= 15 is 0 Å². The highest BCUT2D eigenvalue weighted by Gasteiger charge is 2.38. The lowest BCUT2D eigenvalue weighted by Gasteiger charge is -2.38. The predicted molar refractivity (Wildman–Crippen MR) is 89.0 cm³/mol. The topological polar surface area (TPSA) is 12.0 Å². The maximum absolute atomic E-state index is 6.27. The number of allylic oxidation sites excluding steroid dienone is 2. The van der Waals surface area contributed by atoms with Crippen molar-refractivity contribution in [3.63, 3.8) is 0 Å². The van der Waals surface area contributed by atoms with E-state index in [4.69, 9.17) is 11.6 Å². The van der Waals surface area contributed by atoms with Crippen LogP contribution in [0, 0.1) is 12.8 Å². The van der Waals surface area contributed by atoms with Crippen molar-refractivity contribution in [3.05, 3.63) is 76.3 Å². The van der Waals surface area contributed by atoms with Crippen molar-refractivity contribution >= 4 is 17.3 Å². The normalized spacial score (nSPS) is 26.1. The summed E-state index contributed by atoms with van der Waals surface area (Å²) in [5.74, 6) is 1.06. The van der Waals surface area contributed by atoms with Crippen LogP contribution in [0.3, 0.4) is 0 Å². The van der Waals surface area contributed by atoms with Crippen LogP contribution < -0.4 is 5.32 Å². The lowest BCUT2D eigenvalue weighted by Crippen LogP contribution is -2.29. The van der Waals surface area contributed by atoms with Crippen LogP contribution in [0.5, 0.6) is 0 Å². The van der Waals surface area contributed by atoms with E-state index in [2.05, 4.69) is 66.9 Å². The zero-order chi connectivity index (χ0) is 14.4. The molecule has 0 spiro atoms. The second kappa shape index (κ2) is 4.92. The maximum Gasteiger partial charge on any atom is 0.0554 e. The summed E-state index contributed by atoms with van der Waals surface area (Å²) in [4.78, 5) is 0. The number of hydrogen-bond donors (Lipinski definition) is 1. The average Bonchev–Trinajstić information content (AvgIpc) is 2.97. The summed E-state index contributed by atoms with van der Waals surface area (Å²) in [5.41, 5.74) is 5.22. The molecule has 1 aliphatic carbocycles. The second-order valence-electron chi connectivity index (χ2n) is 6.07. The number of aryl methyl sites for hydroxylation is 1. The molecule has 1 heterocycles. The Balaban J connectivity index is 1.84. The van der Waals surface area contributed by atoms with E-state index in [0.29, 0.717) is 17.9 Å². The first kappa shape index (κ1) is 13.0. The maximum atomic E-state index is 6.27. The molecule has 4 rings (SSSR count). The van der Waals surface area contributed by atoms with E-state index in [9.17, 15) is 0 Å². The van der Waals surface area contributed by atoms with Crippen molar-refractivity contribution in [1.82, 2.24) is 0 Å². The van der Waals surface area contributed by atoms with Gasteiger partial charge in [-0.2, -0.15) is 0 Å². The van der Waals surface area contributed by atoms with E-state index in [1.54, 1.807) is 0 Å². The standard InChI is InChI=1S/C19H18ClN/c1-12-10-14(20)11-17-15-8-5-9-16(15)19(21-18(12)17)13-6-3-2-4-7-13/h2-8,10-11,15-16,19,21H,9H2,1H3/t15-,16-,19+/m0/s1. The second-order valence-corrected chi connectivity index (χ2v) is 6.51. The average molecular weight is 296 g/mol. The SMILES string of the molecule is Cc1cc(Cl)cc2c1N[C@H](c1ccccc1)[C@H]1CC=C[C@H]21. The Labute approximate surface area is 130 Å². The van der Waals surface area contributed by atoms with Crippen LogP contribution in [0.2, 0.25) is 5.02 Å². The number of hydrogen-bond acceptors (Lipinski definition) is 1. The zero-order valence-electron chi connectivity index (χ0n) is 12.0. The smallest absolute Gasteiger partial charge is 0.0554 e. The van der Waals surface area contributed by atoms with Gasteiger partial charge in [0.2, 0.25) is 0 Å². The molecule has 0 aromatic heterocycles. The van der Waals surface area contributed by atoms with Gasteiger partial charge >= 0.3 is 0 Å². The molecule has 1 aliphatic heterocycles. The molecule has 2 aromatic rings. The number of halogens is 1. The number of rotatable bonds is 1. The van der Waals surface area contributed by atoms with Gasteiger partial charge in [-0.25, -0.2) is 0 Å². The lowest BCUT2D eigenvalue weighted by atomic mass is 9.76. The van der Waals surface area contributed by atoms with Crippen molar-refractivity contribution < 1.29 is 0 Å². The molecule has 106 valence electrons. The van der Waals surface area contributed by atoms with Gasteiger partial charge in [-0.1, -0.05) is 54.1 Å². The Morgan fingerprint density at radius 1 is 1.14 bits per heavy atom. The summed E-state index contributed by atoms with van der Waals surface area (Å²) in [6.45, 7) is 2.14. The predicted octanol–water partition coefficient (Wildman–Crippen LogP) is 5.47. The van der Waals surface area contributed by atoms with Crippen LogP contribution in [-0.4, -0.2) is 0 Å². The number of fused-ring (bicyclic) bond motifs is 3. The molecule has 1 nitrogen and oxygen atoms in total. The lowest BCUT2D eigenvalue weighted by molar-refractivity contribution is 0.425. The van der Waals surface area contributed by atoms with Crippen LogP contribution in [0.1, 0.15) is 35.1 Å². The van der Waals surface area contributed by atoms with E-state index in [1.807, 2.05) is 0 Å². The molecule has 0 saturated heterocycles. The van der Waals surface area contributed by atoms with Gasteiger partial charge in [0.1, 0.15) is 0 Å². The molecular weight excluding hydrogens is 278 g/mol. The van der Waals surface area contributed by atoms with Crippen molar-refractivity contribution in [2.45, 2.75) is 25.3 Å². The van der Waals surface area contributed by atoms with Gasteiger partial charge in [-0.05, 0) is 48.1 Å². The molecule has 0 radical (unpaired) electrons. The van der Waals surface area contributed by atoms with Gasteiger partial charge in [0, 0.05) is 16.6 Å². The summed E-state index contributed by atoms with van der Waals surface area (Å²) in [5, 5.41) is 4.62. The van der Waals surface area contributed by atoms with E-state index < -0.39 is 0 Å². The molecule has 2 aromatic carbocycles. The molecule has 0 bridgehead atoms. The first-order valence-corrected chi connectivity index (χ1v) is 7.90. The highest BCUT2D eigenvalue weighted by atomic mass is 35.5. The molecule has 0 unspecified atom stereocenters. The van der Waals surface area contributed by atoms with Gasteiger partial charge in [-0.3, -0.25) is 0 Å². The third-order valence-corrected chi connectivity index (χ3v) is 5.01. The summed E-state index contributed by atoms with van der Waals surface area (Å²) in [6, 6.07) is 15.3. The zero-order valence-corrected chi connectivity index (χ0v) is 12.8. The molecule has 2 heteroatoms. The quantitative estimate of drug-likeness (QED) is 0.687. The molecule has 3 atom stereocenters. The number of anilines is 1. The molecule has 1 N–H and O–H groups in total. The monoisotopic (exact) mass is 295 g/mol. The highest BCUT2D eigenvalue weighted by Crippen LogP contribution is 2.51. The fraction of sp³-hybridized carbons (Fsp3) is 0.263. The molecule has 0 saturated carbocycles. The molecule has 0 fully saturated rings. The molecule has 2 aliphatic rings. The summed E-state index contributed by atoms with van der Waals surface area (Å²) in [6.07, 6.45) is 5.80. The minimum atomic E-state index is 0.374. The van der Waals surface area contributed by atoms with E-state index in [0.717, 1.165) is 11.4 Å².